The first-order valence-electron chi connectivity index (χ1n) is 5.87. The molecule has 0 unspecified atom stereocenters. The van der Waals surface area contributed by atoms with Gasteiger partial charge in [0.2, 0.25) is 5.88 Å². The SMILES string of the molecule is CCCc1c(N)ncnc1OCCC(C)C. The molecule has 0 bridgehead atoms. The van der Waals surface area contributed by atoms with E-state index in [-0.39, 0.29) is 0 Å². The predicted molar refractivity (Wildman–Crippen MR) is 65.4 cm³/mol. The van der Waals surface area contributed by atoms with E-state index in [1.807, 2.05) is 0 Å². The quantitative estimate of drug-likeness (QED) is 0.804. The number of rotatable bonds is 6. The largest absolute Gasteiger partial charge is 0.477 e. The molecular weight excluding hydrogens is 202 g/mol. The van der Waals surface area contributed by atoms with Gasteiger partial charge in [0.15, 0.2) is 0 Å². The molecule has 1 heterocycles. The number of nitrogens with two attached hydrogens (primary N) is 1. The van der Waals surface area contributed by atoms with Gasteiger partial charge >= 0.3 is 0 Å². The van der Waals surface area contributed by atoms with Crippen LogP contribution in [0.3, 0.4) is 0 Å². The van der Waals surface area contributed by atoms with Crippen LogP contribution in [0.1, 0.15) is 39.2 Å². The standard InChI is InChI=1S/C12H21N3O/c1-4-5-10-11(13)14-8-15-12(10)16-7-6-9(2)3/h8-9H,4-7H2,1-3H3,(H2,13,14,15). The third-order valence-electron chi connectivity index (χ3n) is 2.37. The fraction of sp³-hybridized carbons (Fsp3) is 0.667. The zero-order valence-electron chi connectivity index (χ0n) is 10.4. The number of aromatic nitrogens is 2. The Balaban J connectivity index is 2.66. The molecule has 1 aromatic heterocycles. The molecule has 1 aromatic rings. The topological polar surface area (TPSA) is 61.0 Å². The molecule has 0 aromatic carbocycles. The van der Waals surface area contributed by atoms with E-state index in [1.165, 1.54) is 6.33 Å². The van der Waals surface area contributed by atoms with Gasteiger partial charge in [0.25, 0.3) is 0 Å². The normalized spacial score (nSPS) is 10.8. The monoisotopic (exact) mass is 223 g/mol. The van der Waals surface area contributed by atoms with E-state index in [4.69, 9.17) is 10.5 Å². The van der Waals surface area contributed by atoms with Crippen molar-refractivity contribution in [1.82, 2.24) is 9.97 Å². The molecule has 0 amide bonds. The Labute approximate surface area is 97.2 Å². The minimum absolute atomic E-state index is 0.538. The molecular formula is C12H21N3O. The zero-order valence-corrected chi connectivity index (χ0v) is 10.4. The van der Waals surface area contributed by atoms with Gasteiger partial charge in [0, 0.05) is 0 Å². The maximum Gasteiger partial charge on any atom is 0.221 e. The van der Waals surface area contributed by atoms with E-state index in [0.29, 0.717) is 24.2 Å². The van der Waals surface area contributed by atoms with Crippen molar-refractivity contribution in [2.45, 2.75) is 40.0 Å². The molecule has 0 saturated carbocycles. The van der Waals surface area contributed by atoms with Gasteiger partial charge in [-0.05, 0) is 18.8 Å². The summed E-state index contributed by atoms with van der Waals surface area (Å²) in [4.78, 5) is 8.13. The Morgan fingerprint density at radius 2 is 2.12 bits per heavy atom. The van der Waals surface area contributed by atoms with E-state index < -0.39 is 0 Å². The molecule has 4 nitrogen and oxygen atoms in total. The second-order valence-electron chi connectivity index (χ2n) is 4.32. The van der Waals surface area contributed by atoms with Crippen LogP contribution in [-0.2, 0) is 6.42 Å². The second kappa shape index (κ2) is 6.30. The second-order valence-corrected chi connectivity index (χ2v) is 4.32. The van der Waals surface area contributed by atoms with Crippen molar-refractivity contribution < 1.29 is 4.74 Å². The average molecular weight is 223 g/mol. The van der Waals surface area contributed by atoms with Crippen molar-refractivity contribution in [3.8, 4) is 5.88 Å². The summed E-state index contributed by atoms with van der Waals surface area (Å²) in [6.45, 7) is 7.13. The Bertz CT molecular complexity index is 326. The van der Waals surface area contributed by atoms with Crippen molar-refractivity contribution in [3.63, 3.8) is 0 Å². The molecule has 0 fully saturated rings. The molecule has 0 spiro atoms. The van der Waals surface area contributed by atoms with Crippen LogP contribution >= 0.6 is 0 Å². The van der Waals surface area contributed by atoms with E-state index >= 15 is 0 Å². The number of hydrogen-bond donors (Lipinski definition) is 1. The van der Waals surface area contributed by atoms with Crippen LogP contribution in [0.15, 0.2) is 6.33 Å². The Morgan fingerprint density at radius 3 is 2.75 bits per heavy atom. The average Bonchev–Trinajstić information content (AvgIpc) is 2.22. The predicted octanol–water partition coefficient (Wildman–Crippen LogP) is 2.44. The number of nitrogens with zero attached hydrogens (tertiary/aromatic N) is 2. The molecule has 16 heavy (non-hydrogen) atoms. The van der Waals surface area contributed by atoms with Crippen molar-refractivity contribution in [2.24, 2.45) is 5.92 Å². The van der Waals surface area contributed by atoms with E-state index in [9.17, 15) is 0 Å². The van der Waals surface area contributed by atoms with Crippen molar-refractivity contribution >= 4 is 5.82 Å². The van der Waals surface area contributed by atoms with Gasteiger partial charge in [-0.25, -0.2) is 9.97 Å². The molecule has 1 rings (SSSR count). The highest BCUT2D eigenvalue weighted by atomic mass is 16.5. The maximum atomic E-state index is 5.81. The van der Waals surface area contributed by atoms with E-state index in [2.05, 4.69) is 30.7 Å². The molecule has 2 N–H and O–H groups in total. The number of nitrogen functional groups attached to an aromatic ring is 1. The van der Waals surface area contributed by atoms with Crippen LogP contribution in [0, 0.1) is 5.92 Å². The van der Waals surface area contributed by atoms with Gasteiger partial charge in [-0.15, -0.1) is 0 Å². The van der Waals surface area contributed by atoms with Gasteiger partial charge in [-0.2, -0.15) is 0 Å². The van der Waals surface area contributed by atoms with Crippen molar-refractivity contribution in [3.05, 3.63) is 11.9 Å². The number of ether oxygens (including phenoxy) is 1. The fourth-order valence-corrected chi connectivity index (χ4v) is 1.41. The molecule has 0 aliphatic heterocycles. The first-order valence-corrected chi connectivity index (χ1v) is 5.87. The van der Waals surface area contributed by atoms with Gasteiger partial charge in [-0.3, -0.25) is 0 Å². The molecule has 0 saturated heterocycles. The summed E-state index contributed by atoms with van der Waals surface area (Å²) in [5.74, 6) is 1.82. The first-order chi connectivity index (χ1) is 7.65. The van der Waals surface area contributed by atoms with Crippen LogP contribution in [0.4, 0.5) is 5.82 Å². The van der Waals surface area contributed by atoms with Gasteiger partial charge in [0.1, 0.15) is 12.1 Å². The third kappa shape index (κ3) is 3.68. The Hall–Kier alpha value is -1.32. The molecule has 90 valence electrons. The lowest BCUT2D eigenvalue weighted by Gasteiger charge is -2.11. The summed E-state index contributed by atoms with van der Waals surface area (Å²) in [6, 6.07) is 0. The number of hydrogen-bond acceptors (Lipinski definition) is 4. The molecule has 0 radical (unpaired) electrons. The Morgan fingerprint density at radius 1 is 1.38 bits per heavy atom. The van der Waals surface area contributed by atoms with Crippen LogP contribution in [0.5, 0.6) is 5.88 Å². The van der Waals surface area contributed by atoms with Gasteiger partial charge in [0.05, 0.1) is 12.2 Å². The Kier molecular flexibility index (Phi) is 5.02. The lowest BCUT2D eigenvalue weighted by atomic mass is 10.1. The first kappa shape index (κ1) is 12.7. The summed E-state index contributed by atoms with van der Waals surface area (Å²) < 4.78 is 5.65. The maximum absolute atomic E-state index is 5.81. The summed E-state index contributed by atoms with van der Waals surface area (Å²) in [5, 5.41) is 0. The summed E-state index contributed by atoms with van der Waals surface area (Å²) in [7, 11) is 0. The van der Waals surface area contributed by atoms with Crippen LogP contribution in [0.25, 0.3) is 0 Å². The summed E-state index contributed by atoms with van der Waals surface area (Å²) >= 11 is 0. The zero-order chi connectivity index (χ0) is 12.0. The minimum Gasteiger partial charge on any atom is -0.477 e. The third-order valence-corrected chi connectivity index (χ3v) is 2.37. The summed E-state index contributed by atoms with van der Waals surface area (Å²) in [5.41, 5.74) is 6.75. The summed E-state index contributed by atoms with van der Waals surface area (Å²) in [6.07, 6.45) is 4.36. The van der Waals surface area contributed by atoms with Gasteiger partial charge < -0.3 is 10.5 Å². The molecule has 0 aliphatic carbocycles. The van der Waals surface area contributed by atoms with E-state index in [1.54, 1.807) is 0 Å². The van der Waals surface area contributed by atoms with Crippen LogP contribution < -0.4 is 10.5 Å². The lowest BCUT2D eigenvalue weighted by Crippen LogP contribution is -2.08. The fourth-order valence-electron chi connectivity index (χ4n) is 1.41. The van der Waals surface area contributed by atoms with Crippen LogP contribution in [-0.4, -0.2) is 16.6 Å². The molecule has 0 aliphatic rings. The van der Waals surface area contributed by atoms with Crippen molar-refractivity contribution in [2.75, 3.05) is 12.3 Å². The van der Waals surface area contributed by atoms with Crippen LogP contribution in [0.2, 0.25) is 0 Å². The highest BCUT2D eigenvalue weighted by Crippen LogP contribution is 2.21. The highest BCUT2D eigenvalue weighted by molar-refractivity contribution is 5.44. The molecule has 4 heteroatoms. The van der Waals surface area contributed by atoms with E-state index in [0.717, 1.165) is 24.8 Å². The lowest BCUT2D eigenvalue weighted by molar-refractivity contribution is 0.276. The number of anilines is 1. The smallest absolute Gasteiger partial charge is 0.221 e. The highest BCUT2D eigenvalue weighted by Gasteiger charge is 2.09. The molecule has 0 atom stereocenters. The van der Waals surface area contributed by atoms with Crippen molar-refractivity contribution in [1.29, 1.82) is 0 Å². The van der Waals surface area contributed by atoms with Gasteiger partial charge in [-0.1, -0.05) is 27.2 Å². The minimum atomic E-state index is 0.538.